The first-order valence-corrected chi connectivity index (χ1v) is 8.79. The molecule has 2 aromatic carbocycles. The SMILES string of the molecule is CCOc1ccc(C(=O)N[C@H](C(=O)Oc2ccc(Cl)cc2)C(C)C)cc1. The molecule has 1 N–H and O–H groups in total. The molecule has 0 radical (unpaired) electrons. The average Bonchev–Trinajstić information content (AvgIpc) is 2.62. The average molecular weight is 376 g/mol. The second-order valence-corrected chi connectivity index (χ2v) is 6.46. The number of ether oxygens (including phenoxy) is 2. The van der Waals surface area contributed by atoms with Crippen LogP contribution < -0.4 is 14.8 Å². The van der Waals surface area contributed by atoms with Gasteiger partial charge in [-0.2, -0.15) is 0 Å². The van der Waals surface area contributed by atoms with Crippen LogP contribution in [0.1, 0.15) is 31.1 Å². The Hall–Kier alpha value is -2.53. The largest absolute Gasteiger partial charge is 0.494 e. The molecule has 0 bridgehead atoms. The van der Waals surface area contributed by atoms with Gasteiger partial charge in [0.2, 0.25) is 0 Å². The molecule has 0 unspecified atom stereocenters. The van der Waals surface area contributed by atoms with Crippen LogP contribution in [0.15, 0.2) is 48.5 Å². The van der Waals surface area contributed by atoms with Crippen LogP contribution in [0.2, 0.25) is 5.02 Å². The Labute approximate surface area is 158 Å². The van der Waals surface area contributed by atoms with E-state index < -0.39 is 12.0 Å². The molecule has 0 saturated heterocycles. The maximum atomic E-state index is 12.5. The monoisotopic (exact) mass is 375 g/mol. The summed E-state index contributed by atoms with van der Waals surface area (Å²) in [7, 11) is 0. The molecule has 2 rings (SSSR count). The van der Waals surface area contributed by atoms with Crippen molar-refractivity contribution < 1.29 is 19.1 Å². The number of amides is 1. The Kier molecular flexibility index (Phi) is 7.04. The minimum Gasteiger partial charge on any atom is -0.494 e. The zero-order valence-electron chi connectivity index (χ0n) is 15.0. The summed E-state index contributed by atoms with van der Waals surface area (Å²) in [5.74, 6) is 0.0508. The molecule has 0 saturated carbocycles. The smallest absolute Gasteiger partial charge is 0.334 e. The lowest BCUT2D eigenvalue weighted by Gasteiger charge is -2.21. The van der Waals surface area contributed by atoms with Gasteiger partial charge < -0.3 is 14.8 Å². The van der Waals surface area contributed by atoms with Crippen molar-refractivity contribution in [1.29, 1.82) is 0 Å². The van der Waals surface area contributed by atoms with Gasteiger partial charge in [-0.3, -0.25) is 4.79 Å². The molecular weight excluding hydrogens is 354 g/mol. The minimum atomic E-state index is -0.773. The fraction of sp³-hybridized carbons (Fsp3) is 0.300. The van der Waals surface area contributed by atoms with E-state index in [4.69, 9.17) is 21.1 Å². The second kappa shape index (κ2) is 9.25. The lowest BCUT2D eigenvalue weighted by Crippen LogP contribution is -2.46. The van der Waals surface area contributed by atoms with Crippen LogP contribution in [0.4, 0.5) is 0 Å². The van der Waals surface area contributed by atoms with Crippen molar-refractivity contribution in [3.05, 3.63) is 59.1 Å². The van der Waals surface area contributed by atoms with Crippen molar-refractivity contribution in [2.24, 2.45) is 5.92 Å². The Bertz CT molecular complexity index is 741. The van der Waals surface area contributed by atoms with Crippen LogP contribution >= 0.6 is 11.6 Å². The van der Waals surface area contributed by atoms with Crippen molar-refractivity contribution >= 4 is 23.5 Å². The molecule has 0 aliphatic rings. The molecule has 26 heavy (non-hydrogen) atoms. The number of carbonyl (C=O) groups excluding carboxylic acids is 2. The fourth-order valence-corrected chi connectivity index (χ4v) is 2.40. The van der Waals surface area contributed by atoms with Gasteiger partial charge in [0.05, 0.1) is 6.61 Å². The third-order valence-corrected chi connectivity index (χ3v) is 3.92. The zero-order chi connectivity index (χ0) is 19.1. The Balaban J connectivity index is 2.05. The van der Waals surface area contributed by atoms with E-state index in [0.29, 0.717) is 28.7 Å². The summed E-state index contributed by atoms with van der Waals surface area (Å²) in [6.07, 6.45) is 0. The molecule has 2 aromatic rings. The predicted molar refractivity (Wildman–Crippen MR) is 101 cm³/mol. The van der Waals surface area contributed by atoms with Crippen LogP contribution in [0.5, 0.6) is 11.5 Å². The van der Waals surface area contributed by atoms with Gasteiger partial charge >= 0.3 is 5.97 Å². The van der Waals surface area contributed by atoms with Crippen molar-refractivity contribution in [3.63, 3.8) is 0 Å². The molecule has 0 fully saturated rings. The third-order valence-electron chi connectivity index (χ3n) is 3.67. The molecule has 0 aromatic heterocycles. The maximum absolute atomic E-state index is 12.5. The van der Waals surface area contributed by atoms with E-state index in [1.165, 1.54) is 0 Å². The molecule has 0 spiro atoms. The van der Waals surface area contributed by atoms with Crippen molar-refractivity contribution in [1.82, 2.24) is 5.32 Å². The fourth-order valence-electron chi connectivity index (χ4n) is 2.27. The second-order valence-electron chi connectivity index (χ2n) is 6.03. The number of hydrogen-bond acceptors (Lipinski definition) is 4. The normalized spacial score (nSPS) is 11.7. The molecular formula is C20H22ClNO4. The van der Waals surface area contributed by atoms with Crippen LogP contribution in [-0.2, 0) is 4.79 Å². The van der Waals surface area contributed by atoms with Crippen LogP contribution in [-0.4, -0.2) is 24.5 Å². The van der Waals surface area contributed by atoms with Gasteiger partial charge in [-0.15, -0.1) is 0 Å². The van der Waals surface area contributed by atoms with Gasteiger partial charge in [-0.1, -0.05) is 25.4 Å². The number of esters is 1. The van der Waals surface area contributed by atoms with E-state index in [9.17, 15) is 9.59 Å². The minimum absolute atomic E-state index is 0.138. The standard InChI is InChI=1S/C20H22ClNO4/c1-4-25-16-9-5-14(6-10-16)19(23)22-18(13(2)3)20(24)26-17-11-7-15(21)8-12-17/h5-13,18H,4H2,1-3H3,(H,22,23)/t18-/m0/s1. The zero-order valence-corrected chi connectivity index (χ0v) is 15.7. The van der Waals surface area contributed by atoms with E-state index in [2.05, 4.69) is 5.32 Å². The number of carbonyl (C=O) groups is 2. The van der Waals surface area contributed by atoms with Gasteiger partial charge in [0, 0.05) is 10.6 Å². The lowest BCUT2D eigenvalue weighted by molar-refractivity contribution is -0.137. The van der Waals surface area contributed by atoms with Gasteiger partial charge in [-0.05, 0) is 61.4 Å². The molecule has 1 amide bonds. The summed E-state index contributed by atoms with van der Waals surface area (Å²) in [4.78, 5) is 24.9. The summed E-state index contributed by atoms with van der Waals surface area (Å²) in [6.45, 7) is 6.12. The lowest BCUT2D eigenvalue weighted by atomic mass is 10.0. The molecule has 5 nitrogen and oxygen atoms in total. The predicted octanol–water partition coefficient (Wildman–Crippen LogP) is 4.10. The topological polar surface area (TPSA) is 64.6 Å². The third kappa shape index (κ3) is 5.49. The molecule has 1 atom stereocenters. The molecule has 0 heterocycles. The van der Waals surface area contributed by atoms with Crippen LogP contribution in [0.3, 0.4) is 0 Å². The van der Waals surface area contributed by atoms with E-state index in [-0.39, 0.29) is 11.8 Å². The Morgan fingerprint density at radius 1 is 1.00 bits per heavy atom. The molecule has 0 aliphatic heterocycles. The number of hydrogen-bond donors (Lipinski definition) is 1. The van der Waals surface area contributed by atoms with E-state index in [1.807, 2.05) is 20.8 Å². The van der Waals surface area contributed by atoms with Crippen molar-refractivity contribution in [2.75, 3.05) is 6.61 Å². The van der Waals surface area contributed by atoms with E-state index >= 15 is 0 Å². The van der Waals surface area contributed by atoms with Gasteiger partial charge in [0.1, 0.15) is 17.5 Å². The van der Waals surface area contributed by atoms with Crippen molar-refractivity contribution in [3.8, 4) is 11.5 Å². The number of nitrogens with one attached hydrogen (secondary N) is 1. The first kappa shape index (κ1) is 19.8. The first-order chi connectivity index (χ1) is 12.4. The highest BCUT2D eigenvalue weighted by atomic mass is 35.5. The highest BCUT2D eigenvalue weighted by Crippen LogP contribution is 2.17. The maximum Gasteiger partial charge on any atom is 0.334 e. The van der Waals surface area contributed by atoms with Crippen LogP contribution in [0, 0.1) is 5.92 Å². The number of halogens is 1. The summed E-state index contributed by atoms with van der Waals surface area (Å²) < 4.78 is 10.7. The molecule has 6 heteroatoms. The highest BCUT2D eigenvalue weighted by Gasteiger charge is 2.26. The van der Waals surface area contributed by atoms with Gasteiger partial charge in [0.15, 0.2) is 0 Å². The quantitative estimate of drug-likeness (QED) is 0.584. The summed E-state index contributed by atoms with van der Waals surface area (Å²) >= 11 is 5.82. The van der Waals surface area contributed by atoms with Gasteiger partial charge in [0.25, 0.3) is 5.91 Å². The summed E-state index contributed by atoms with van der Waals surface area (Å²) in [5.41, 5.74) is 0.443. The first-order valence-electron chi connectivity index (χ1n) is 8.41. The van der Waals surface area contributed by atoms with Crippen molar-refractivity contribution in [2.45, 2.75) is 26.8 Å². The van der Waals surface area contributed by atoms with Crippen LogP contribution in [0.25, 0.3) is 0 Å². The summed E-state index contributed by atoms with van der Waals surface area (Å²) in [6, 6.07) is 12.4. The molecule has 0 aliphatic carbocycles. The molecule has 138 valence electrons. The number of rotatable bonds is 7. The summed E-state index contributed by atoms with van der Waals surface area (Å²) in [5, 5.41) is 3.29. The van der Waals surface area contributed by atoms with Gasteiger partial charge in [-0.25, -0.2) is 4.79 Å². The number of benzene rings is 2. The Morgan fingerprint density at radius 2 is 1.58 bits per heavy atom. The highest BCUT2D eigenvalue weighted by molar-refractivity contribution is 6.30. The van der Waals surface area contributed by atoms with E-state index in [1.54, 1.807) is 48.5 Å². The Morgan fingerprint density at radius 3 is 2.12 bits per heavy atom. The van der Waals surface area contributed by atoms with E-state index in [0.717, 1.165) is 0 Å².